The van der Waals surface area contributed by atoms with Gasteiger partial charge < -0.3 is 20.1 Å². The molecule has 4 nitrogen and oxygen atoms in total. The van der Waals surface area contributed by atoms with Crippen molar-refractivity contribution in [3.63, 3.8) is 0 Å². The highest BCUT2D eigenvalue weighted by atomic mass is 16.5. The normalized spacial score (nSPS) is 15.4. The number of nitrogens with one attached hydrogen (secondary N) is 1. The van der Waals surface area contributed by atoms with Crippen molar-refractivity contribution in [2.24, 2.45) is 0 Å². The molecule has 2 N–H and O–H groups in total. The van der Waals surface area contributed by atoms with Gasteiger partial charge in [0.05, 0.1) is 11.8 Å². The lowest BCUT2D eigenvalue weighted by atomic mass is 10.1. The van der Waals surface area contributed by atoms with Crippen LogP contribution in [0.25, 0.3) is 0 Å². The summed E-state index contributed by atoms with van der Waals surface area (Å²) in [6.45, 7) is 8.30. The van der Waals surface area contributed by atoms with E-state index in [-0.39, 0.29) is 12.7 Å². The number of ether oxygens (including phenoxy) is 1. The van der Waals surface area contributed by atoms with Crippen LogP contribution < -0.4 is 15.0 Å². The van der Waals surface area contributed by atoms with Gasteiger partial charge >= 0.3 is 0 Å². The molecule has 1 aliphatic rings. The zero-order valence-corrected chi connectivity index (χ0v) is 14.0. The van der Waals surface area contributed by atoms with Crippen LogP contribution in [0.5, 0.6) is 5.75 Å². The first-order valence-corrected chi connectivity index (χ1v) is 8.57. The Labute approximate surface area is 134 Å². The van der Waals surface area contributed by atoms with Crippen LogP contribution in [0.2, 0.25) is 0 Å². The van der Waals surface area contributed by atoms with E-state index in [0.717, 1.165) is 38.3 Å². The van der Waals surface area contributed by atoms with Crippen LogP contribution >= 0.6 is 0 Å². The largest absolute Gasteiger partial charge is 0.489 e. The van der Waals surface area contributed by atoms with E-state index in [2.05, 4.69) is 42.3 Å². The van der Waals surface area contributed by atoms with Crippen LogP contribution in [0.15, 0.2) is 18.2 Å². The second-order valence-electron chi connectivity index (χ2n) is 6.27. The lowest BCUT2D eigenvalue weighted by molar-refractivity contribution is 0.242. The first-order chi connectivity index (χ1) is 10.7. The predicted octanol–water partition coefficient (Wildman–Crippen LogP) is 2.94. The number of piperidine rings is 1. The zero-order valence-electron chi connectivity index (χ0n) is 14.0. The third-order valence-corrected chi connectivity index (χ3v) is 3.92. The molecule has 0 saturated carbocycles. The van der Waals surface area contributed by atoms with E-state index in [4.69, 9.17) is 9.84 Å². The Bertz CT molecular complexity index is 443. The van der Waals surface area contributed by atoms with Crippen molar-refractivity contribution in [2.75, 3.05) is 31.1 Å². The molecule has 0 aliphatic carbocycles. The van der Waals surface area contributed by atoms with E-state index in [9.17, 15) is 0 Å². The number of anilines is 1. The number of aliphatic hydroxyl groups is 1. The van der Waals surface area contributed by atoms with Gasteiger partial charge in [0.25, 0.3) is 0 Å². The van der Waals surface area contributed by atoms with Gasteiger partial charge in [-0.1, -0.05) is 6.07 Å². The van der Waals surface area contributed by atoms with E-state index in [1.54, 1.807) is 0 Å². The molecule has 0 radical (unpaired) electrons. The number of hydrogen-bond acceptors (Lipinski definition) is 4. The summed E-state index contributed by atoms with van der Waals surface area (Å²) >= 11 is 0. The van der Waals surface area contributed by atoms with Crippen molar-refractivity contribution in [3.8, 4) is 5.75 Å². The molecule has 2 rings (SSSR count). The van der Waals surface area contributed by atoms with E-state index in [1.807, 2.05) is 0 Å². The first kappa shape index (κ1) is 17.1. The molecule has 1 heterocycles. The quantitative estimate of drug-likeness (QED) is 0.725. The molecule has 0 atom stereocenters. The van der Waals surface area contributed by atoms with Crippen LogP contribution in [0.1, 0.15) is 45.1 Å². The zero-order chi connectivity index (χ0) is 15.8. The number of nitrogens with zero attached hydrogens (tertiary/aromatic N) is 1. The van der Waals surface area contributed by atoms with E-state index in [1.165, 1.54) is 30.5 Å². The first-order valence-electron chi connectivity index (χ1n) is 8.57. The van der Waals surface area contributed by atoms with Gasteiger partial charge in [-0.3, -0.25) is 0 Å². The molecule has 0 amide bonds. The fraction of sp³-hybridized carbons (Fsp3) is 0.667. The van der Waals surface area contributed by atoms with Crippen LogP contribution in [0.3, 0.4) is 0 Å². The van der Waals surface area contributed by atoms with Crippen LogP contribution in [-0.2, 0) is 6.54 Å². The molecular formula is C18H30N2O2. The van der Waals surface area contributed by atoms with Gasteiger partial charge in [0.2, 0.25) is 0 Å². The maximum atomic E-state index is 8.82. The smallest absolute Gasteiger partial charge is 0.143 e. The minimum absolute atomic E-state index is 0.182. The molecule has 1 aromatic carbocycles. The minimum Gasteiger partial charge on any atom is -0.489 e. The van der Waals surface area contributed by atoms with Crippen LogP contribution in [0, 0.1) is 0 Å². The van der Waals surface area contributed by atoms with Crippen molar-refractivity contribution in [1.29, 1.82) is 0 Å². The highest BCUT2D eigenvalue weighted by molar-refractivity contribution is 5.60. The van der Waals surface area contributed by atoms with Crippen molar-refractivity contribution in [1.82, 2.24) is 5.32 Å². The maximum absolute atomic E-state index is 8.82. The summed E-state index contributed by atoms with van der Waals surface area (Å²) in [5.74, 6) is 0.998. The van der Waals surface area contributed by atoms with Crippen molar-refractivity contribution in [2.45, 2.75) is 52.2 Å². The molecule has 1 saturated heterocycles. The van der Waals surface area contributed by atoms with Crippen molar-refractivity contribution >= 4 is 5.69 Å². The Morgan fingerprint density at radius 1 is 1.23 bits per heavy atom. The Morgan fingerprint density at radius 2 is 2.00 bits per heavy atom. The molecule has 4 heteroatoms. The Hall–Kier alpha value is -1.26. The monoisotopic (exact) mass is 306 g/mol. The summed E-state index contributed by atoms with van der Waals surface area (Å²) in [6, 6.07) is 6.55. The van der Waals surface area contributed by atoms with Crippen LogP contribution in [0.4, 0.5) is 5.69 Å². The lowest BCUT2D eigenvalue weighted by Crippen LogP contribution is -2.30. The number of benzene rings is 1. The number of rotatable bonds is 8. The number of hydrogen-bond donors (Lipinski definition) is 2. The summed E-state index contributed by atoms with van der Waals surface area (Å²) in [5.41, 5.74) is 2.46. The van der Waals surface area contributed by atoms with Gasteiger partial charge in [0.15, 0.2) is 0 Å². The molecule has 22 heavy (non-hydrogen) atoms. The molecule has 1 aromatic rings. The minimum atomic E-state index is 0.182. The fourth-order valence-corrected chi connectivity index (χ4v) is 2.85. The highest BCUT2D eigenvalue weighted by Gasteiger charge is 2.16. The number of aliphatic hydroxyl groups excluding tert-OH is 1. The van der Waals surface area contributed by atoms with Gasteiger partial charge in [-0.2, -0.15) is 0 Å². The Kier molecular flexibility index (Phi) is 7.00. The Morgan fingerprint density at radius 3 is 2.68 bits per heavy atom. The molecule has 0 aromatic heterocycles. The predicted molar refractivity (Wildman–Crippen MR) is 91.7 cm³/mol. The van der Waals surface area contributed by atoms with E-state index in [0.29, 0.717) is 0 Å². The highest BCUT2D eigenvalue weighted by Crippen LogP contribution is 2.32. The van der Waals surface area contributed by atoms with E-state index >= 15 is 0 Å². The molecule has 0 spiro atoms. The summed E-state index contributed by atoms with van der Waals surface area (Å²) < 4.78 is 6.06. The van der Waals surface area contributed by atoms with Gasteiger partial charge in [0, 0.05) is 26.2 Å². The average molecular weight is 306 g/mol. The topological polar surface area (TPSA) is 44.7 Å². The second-order valence-corrected chi connectivity index (χ2v) is 6.27. The molecule has 124 valence electrons. The molecular weight excluding hydrogens is 276 g/mol. The Balaban J connectivity index is 2.07. The SMILES string of the molecule is CC(C)Oc1cc(CNCCCO)ccc1N1CCCCC1. The molecule has 0 unspecified atom stereocenters. The van der Waals surface area contributed by atoms with Gasteiger partial charge in [-0.15, -0.1) is 0 Å². The van der Waals surface area contributed by atoms with Crippen LogP contribution in [-0.4, -0.2) is 37.5 Å². The lowest BCUT2D eigenvalue weighted by Gasteiger charge is -2.31. The third-order valence-electron chi connectivity index (χ3n) is 3.92. The second kappa shape index (κ2) is 9.01. The summed E-state index contributed by atoms with van der Waals surface area (Å²) in [7, 11) is 0. The summed E-state index contributed by atoms with van der Waals surface area (Å²) in [4.78, 5) is 2.45. The van der Waals surface area contributed by atoms with Crippen molar-refractivity contribution in [3.05, 3.63) is 23.8 Å². The van der Waals surface area contributed by atoms with E-state index < -0.39 is 0 Å². The average Bonchev–Trinajstić information content (AvgIpc) is 2.52. The standard InChI is InChI=1S/C18H30N2O2/c1-15(2)22-18-13-16(14-19-9-6-12-21)7-8-17(18)20-10-4-3-5-11-20/h7-8,13,15,19,21H,3-6,9-12,14H2,1-2H3. The van der Waals surface area contributed by atoms with Gasteiger partial charge in [-0.05, 0) is 63.8 Å². The van der Waals surface area contributed by atoms with Crippen molar-refractivity contribution < 1.29 is 9.84 Å². The fourth-order valence-electron chi connectivity index (χ4n) is 2.85. The third kappa shape index (κ3) is 5.18. The molecule has 1 fully saturated rings. The summed E-state index contributed by atoms with van der Waals surface area (Å²) in [5, 5.41) is 12.2. The maximum Gasteiger partial charge on any atom is 0.143 e. The van der Waals surface area contributed by atoms with Gasteiger partial charge in [-0.25, -0.2) is 0 Å². The molecule has 1 aliphatic heterocycles. The van der Waals surface area contributed by atoms with Gasteiger partial charge in [0.1, 0.15) is 5.75 Å². The summed E-state index contributed by atoms with van der Waals surface area (Å²) in [6.07, 6.45) is 4.85. The molecule has 0 bridgehead atoms.